The van der Waals surface area contributed by atoms with Crippen LogP contribution >= 0.6 is 0 Å². The molecule has 2 N–H and O–H groups in total. The molecule has 1 aliphatic carbocycles. The van der Waals surface area contributed by atoms with E-state index in [0.717, 1.165) is 38.0 Å². The number of rotatable bonds is 4. The predicted octanol–water partition coefficient (Wildman–Crippen LogP) is 2.79. The number of nitrogens with zero attached hydrogens (tertiary/aromatic N) is 1. The van der Waals surface area contributed by atoms with E-state index in [-0.39, 0.29) is 5.41 Å². The van der Waals surface area contributed by atoms with Gasteiger partial charge in [0.1, 0.15) is 0 Å². The minimum absolute atomic E-state index is 0.192. The lowest BCUT2D eigenvalue weighted by Crippen LogP contribution is -2.43. The molecule has 0 radical (unpaired) electrons. The zero-order valence-corrected chi connectivity index (χ0v) is 14.4. The van der Waals surface area contributed by atoms with E-state index in [1.807, 2.05) is 0 Å². The van der Waals surface area contributed by atoms with Gasteiger partial charge in [0, 0.05) is 31.7 Å². The third-order valence-corrected chi connectivity index (χ3v) is 4.56. The Kier molecular flexibility index (Phi) is 5.53. The van der Waals surface area contributed by atoms with Crippen LogP contribution in [0.4, 0.5) is 0 Å². The molecular weight excluding hydrogens is 262 g/mol. The van der Waals surface area contributed by atoms with Crippen LogP contribution in [0.2, 0.25) is 0 Å². The van der Waals surface area contributed by atoms with Crippen molar-refractivity contribution in [3.05, 3.63) is 0 Å². The van der Waals surface area contributed by atoms with E-state index in [0.29, 0.717) is 18.1 Å². The zero-order valence-electron chi connectivity index (χ0n) is 14.4. The summed E-state index contributed by atoms with van der Waals surface area (Å²) < 4.78 is 6.05. The molecule has 1 saturated heterocycles. The average molecular weight is 295 g/mol. The largest absolute Gasteiger partial charge is 0.377 e. The van der Waals surface area contributed by atoms with Crippen LogP contribution in [0.5, 0.6) is 0 Å². The molecule has 1 saturated carbocycles. The Morgan fingerprint density at radius 3 is 2.62 bits per heavy atom. The highest BCUT2D eigenvalue weighted by atomic mass is 16.5. The molecule has 4 heteroatoms. The van der Waals surface area contributed by atoms with Gasteiger partial charge in [-0.1, -0.05) is 27.7 Å². The highest BCUT2D eigenvalue weighted by Crippen LogP contribution is 2.34. The van der Waals surface area contributed by atoms with Gasteiger partial charge in [0.15, 0.2) is 5.96 Å². The van der Waals surface area contributed by atoms with Crippen LogP contribution < -0.4 is 10.6 Å². The number of aliphatic imine (C=N–C) groups is 1. The third kappa shape index (κ3) is 4.87. The van der Waals surface area contributed by atoms with Crippen molar-refractivity contribution >= 4 is 5.96 Å². The summed E-state index contributed by atoms with van der Waals surface area (Å²) in [5, 5.41) is 6.90. The van der Waals surface area contributed by atoms with Crippen molar-refractivity contribution in [1.82, 2.24) is 10.6 Å². The van der Waals surface area contributed by atoms with Gasteiger partial charge in [0.05, 0.1) is 6.10 Å². The summed E-state index contributed by atoms with van der Waals surface area (Å²) in [5.41, 5.74) is 0.192. The topological polar surface area (TPSA) is 45.7 Å². The van der Waals surface area contributed by atoms with Crippen LogP contribution in [0.25, 0.3) is 0 Å². The van der Waals surface area contributed by atoms with Crippen molar-refractivity contribution in [2.45, 2.75) is 66.0 Å². The summed E-state index contributed by atoms with van der Waals surface area (Å²) in [6.07, 6.45) is 3.97. The lowest BCUT2D eigenvalue weighted by atomic mass is 9.78. The molecule has 1 aliphatic heterocycles. The van der Waals surface area contributed by atoms with E-state index >= 15 is 0 Å². The minimum atomic E-state index is 0.192. The second-order valence-electron chi connectivity index (χ2n) is 7.74. The second kappa shape index (κ2) is 6.99. The van der Waals surface area contributed by atoms with E-state index in [9.17, 15) is 0 Å². The zero-order chi connectivity index (χ0) is 15.5. The third-order valence-electron chi connectivity index (χ3n) is 4.56. The number of ether oxygens (including phenoxy) is 1. The van der Waals surface area contributed by atoms with Crippen molar-refractivity contribution in [2.75, 3.05) is 19.7 Å². The SMILES string of the molecule is CCNC(=NCC1CCCOC1C(C)(C)C)NC1CC1C. The first kappa shape index (κ1) is 16.6. The standard InChI is InChI=1S/C17H33N3O/c1-6-18-16(20-14-10-12(14)2)19-11-13-8-7-9-21-15(13)17(3,4)5/h12-15H,6-11H2,1-5H3,(H2,18,19,20). The van der Waals surface area contributed by atoms with Gasteiger partial charge in [0.25, 0.3) is 0 Å². The van der Waals surface area contributed by atoms with Crippen LogP contribution in [-0.2, 0) is 4.74 Å². The number of nitrogens with one attached hydrogen (secondary N) is 2. The monoisotopic (exact) mass is 295 g/mol. The molecule has 0 aromatic rings. The fraction of sp³-hybridized carbons (Fsp3) is 0.941. The van der Waals surface area contributed by atoms with Gasteiger partial charge < -0.3 is 15.4 Å². The van der Waals surface area contributed by atoms with Crippen LogP contribution in [0, 0.1) is 17.3 Å². The summed E-state index contributed by atoms with van der Waals surface area (Å²) in [5.74, 6) is 2.30. The number of hydrogen-bond donors (Lipinski definition) is 2. The lowest BCUT2D eigenvalue weighted by Gasteiger charge is -2.39. The van der Waals surface area contributed by atoms with Crippen molar-refractivity contribution in [3.63, 3.8) is 0 Å². The summed E-state index contributed by atoms with van der Waals surface area (Å²) in [4.78, 5) is 4.83. The van der Waals surface area contributed by atoms with E-state index < -0.39 is 0 Å². The van der Waals surface area contributed by atoms with E-state index in [4.69, 9.17) is 9.73 Å². The molecule has 4 nitrogen and oxygen atoms in total. The van der Waals surface area contributed by atoms with E-state index in [1.54, 1.807) is 0 Å². The molecule has 2 rings (SSSR count). The Morgan fingerprint density at radius 1 is 1.33 bits per heavy atom. The molecule has 1 heterocycles. The second-order valence-corrected chi connectivity index (χ2v) is 7.74. The molecule has 2 fully saturated rings. The number of hydrogen-bond acceptors (Lipinski definition) is 2. The van der Waals surface area contributed by atoms with Gasteiger partial charge in [0.2, 0.25) is 0 Å². The van der Waals surface area contributed by atoms with Crippen molar-refractivity contribution in [2.24, 2.45) is 22.2 Å². The first-order valence-electron chi connectivity index (χ1n) is 8.58. The van der Waals surface area contributed by atoms with Gasteiger partial charge in [-0.3, -0.25) is 4.99 Å². The predicted molar refractivity (Wildman–Crippen MR) is 88.6 cm³/mol. The van der Waals surface area contributed by atoms with Crippen LogP contribution in [0.1, 0.15) is 53.9 Å². The highest BCUT2D eigenvalue weighted by Gasteiger charge is 2.36. The Hall–Kier alpha value is -0.770. The molecule has 0 amide bonds. The molecule has 0 spiro atoms. The molecule has 122 valence electrons. The summed E-state index contributed by atoms with van der Waals surface area (Å²) in [6.45, 7) is 13.9. The molecule has 0 bridgehead atoms. The highest BCUT2D eigenvalue weighted by molar-refractivity contribution is 5.80. The first-order chi connectivity index (χ1) is 9.91. The van der Waals surface area contributed by atoms with Gasteiger partial charge >= 0.3 is 0 Å². The maximum Gasteiger partial charge on any atom is 0.191 e. The molecular formula is C17H33N3O. The Balaban J connectivity index is 1.94. The van der Waals surface area contributed by atoms with Gasteiger partial charge in [-0.25, -0.2) is 0 Å². The minimum Gasteiger partial charge on any atom is -0.377 e. The first-order valence-corrected chi connectivity index (χ1v) is 8.58. The number of guanidine groups is 1. The van der Waals surface area contributed by atoms with Crippen molar-refractivity contribution < 1.29 is 4.74 Å². The Morgan fingerprint density at radius 2 is 2.05 bits per heavy atom. The molecule has 0 aromatic carbocycles. The Labute approximate surface area is 130 Å². The molecule has 0 aromatic heterocycles. The fourth-order valence-electron chi connectivity index (χ4n) is 3.21. The normalized spacial score (nSPS) is 33.7. The van der Waals surface area contributed by atoms with E-state index in [2.05, 4.69) is 45.3 Å². The Bertz CT molecular complexity index is 362. The molecule has 4 atom stereocenters. The maximum atomic E-state index is 6.05. The van der Waals surface area contributed by atoms with Gasteiger partial charge in [-0.2, -0.15) is 0 Å². The lowest BCUT2D eigenvalue weighted by molar-refractivity contribution is -0.0823. The van der Waals surface area contributed by atoms with Crippen LogP contribution in [0.15, 0.2) is 4.99 Å². The molecule has 4 unspecified atom stereocenters. The summed E-state index contributed by atoms with van der Waals surface area (Å²) >= 11 is 0. The van der Waals surface area contributed by atoms with Crippen LogP contribution in [0.3, 0.4) is 0 Å². The fourth-order valence-corrected chi connectivity index (χ4v) is 3.21. The van der Waals surface area contributed by atoms with Crippen molar-refractivity contribution in [1.29, 1.82) is 0 Å². The smallest absolute Gasteiger partial charge is 0.191 e. The van der Waals surface area contributed by atoms with E-state index in [1.165, 1.54) is 12.8 Å². The molecule has 21 heavy (non-hydrogen) atoms. The quantitative estimate of drug-likeness (QED) is 0.619. The summed E-state index contributed by atoms with van der Waals surface area (Å²) in [6, 6.07) is 0.615. The van der Waals surface area contributed by atoms with Gasteiger partial charge in [-0.15, -0.1) is 0 Å². The van der Waals surface area contributed by atoms with Gasteiger partial charge in [-0.05, 0) is 37.5 Å². The summed E-state index contributed by atoms with van der Waals surface area (Å²) in [7, 11) is 0. The maximum absolute atomic E-state index is 6.05. The average Bonchev–Trinajstić information content (AvgIpc) is 3.11. The van der Waals surface area contributed by atoms with Crippen LogP contribution in [-0.4, -0.2) is 37.8 Å². The van der Waals surface area contributed by atoms with Crippen molar-refractivity contribution in [3.8, 4) is 0 Å². The molecule has 2 aliphatic rings.